The summed E-state index contributed by atoms with van der Waals surface area (Å²) in [5, 5.41) is 13.3. The number of anilines is 1. The summed E-state index contributed by atoms with van der Waals surface area (Å²) in [5.41, 5.74) is -0.520. The van der Waals surface area contributed by atoms with Gasteiger partial charge in [0.2, 0.25) is 5.91 Å². The Morgan fingerprint density at radius 2 is 1.83 bits per heavy atom. The minimum Gasteiger partial charge on any atom is -0.379 e. The Morgan fingerprint density at radius 3 is 2.39 bits per heavy atom. The van der Waals surface area contributed by atoms with Crippen LogP contribution in [0.3, 0.4) is 0 Å². The summed E-state index contributed by atoms with van der Waals surface area (Å²) in [5.74, 6) is -0.715. The van der Waals surface area contributed by atoms with Crippen LogP contribution in [0, 0.1) is 10.1 Å². The van der Waals surface area contributed by atoms with E-state index in [1.54, 1.807) is 6.07 Å². The van der Waals surface area contributed by atoms with Gasteiger partial charge in [0.15, 0.2) is 0 Å². The number of hydrogen-bond donors (Lipinski definition) is 1. The van der Waals surface area contributed by atoms with Crippen molar-refractivity contribution in [2.24, 2.45) is 0 Å². The first-order valence-electron chi connectivity index (χ1n) is 6.35. The van der Waals surface area contributed by atoms with E-state index in [4.69, 9.17) is 4.18 Å². The smallest absolute Gasteiger partial charge is 0.339 e. The molecule has 0 aliphatic heterocycles. The molecule has 0 spiro atoms. The molecule has 2 aromatic carbocycles. The Hall–Kier alpha value is -2.94. The van der Waals surface area contributed by atoms with E-state index in [1.807, 2.05) is 0 Å². The molecule has 0 heterocycles. The molecular weight excluding hydrogens is 324 g/mol. The van der Waals surface area contributed by atoms with Crippen molar-refractivity contribution in [3.8, 4) is 5.75 Å². The molecule has 0 fully saturated rings. The molecule has 0 atom stereocenters. The molecule has 2 aromatic rings. The van der Waals surface area contributed by atoms with Gasteiger partial charge in [0.25, 0.3) is 5.69 Å². The highest BCUT2D eigenvalue weighted by Gasteiger charge is 2.20. The zero-order valence-corrected chi connectivity index (χ0v) is 12.7. The van der Waals surface area contributed by atoms with Gasteiger partial charge in [0.05, 0.1) is 11.0 Å². The lowest BCUT2D eigenvalue weighted by molar-refractivity contribution is -0.384. The quantitative estimate of drug-likeness (QED) is 0.509. The second kappa shape index (κ2) is 6.44. The Balaban J connectivity index is 2.36. The molecule has 120 valence electrons. The van der Waals surface area contributed by atoms with E-state index in [2.05, 4.69) is 5.32 Å². The molecule has 2 rings (SSSR count). The number of hydrogen-bond acceptors (Lipinski definition) is 6. The first kappa shape index (κ1) is 16.4. The minimum atomic E-state index is -4.10. The molecule has 23 heavy (non-hydrogen) atoms. The van der Waals surface area contributed by atoms with Crippen molar-refractivity contribution in [2.75, 3.05) is 5.32 Å². The Morgan fingerprint density at radius 1 is 1.17 bits per heavy atom. The van der Waals surface area contributed by atoms with Crippen LogP contribution in [0.15, 0.2) is 53.4 Å². The molecule has 0 bridgehead atoms. The number of nitrogens with zero attached hydrogens (tertiary/aromatic N) is 1. The van der Waals surface area contributed by atoms with Gasteiger partial charge in [0, 0.05) is 6.92 Å². The number of benzene rings is 2. The van der Waals surface area contributed by atoms with Crippen LogP contribution in [-0.2, 0) is 14.9 Å². The second-order valence-electron chi connectivity index (χ2n) is 4.47. The maximum Gasteiger partial charge on any atom is 0.339 e. The van der Waals surface area contributed by atoms with Crippen molar-refractivity contribution >= 4 is 27.4 Å². The molecule has 1 N–H and O–H groups in total. The van der Waals surface area contributed by atoms with Crippen molar-refractivity contribution in [1.82, 2.24) is 0 Å². The van der Waals surface area contributed by atoms with Crippen molar-refractivity contribution in [2.45, 2.75) is 11.8 Å². The van der Waals surface area contributed by atoms with Crippen molar-refractivity contribution in [3.63, 3.8) is 0 Å². The van der Waals surface area contributed by atoms with Crippen LogP contribution >= 0.6 is 0 Å². The molecular formula is C14H12N2O6S. The number of nitro groups is 1. The zero-order chi connectivity index (χ0) is 17.0. The number of nitrogens with one attached hydrogen (secondary N) is 1. The molecule has 0 radical (unpaired) electrons. The summed E-state index contributed by atoms with van der Waals surface area (Å²) in [7, 11) is -4.10. The lowest BCUT2D eigenvalue weighted by atomic mass is 10.2. The molecule has 0 aromatic heterocycles. The average Bonchev–Trinajstić information content (AvgIpc) is 2.48. The fraction of sp³-hybridized carbons (Fsp3) is 0.0714. The first-order valence-corrected chi connectivity index (χ1v) is 7.76. The normalized spacial score (nSPS) is 10.8. The summed E-state index contributed by atoms with van der Waals surface area (Å²) in [6, 6.07) is 10.7. The number of amides is 1. The summed E-state index contributed by atoms with van der Waals surface area (Å²) in [6.07, 6.45) is 0. The summed E-state index contributed by atoms with van der Waals surface area (Å²) in [4.78, 5) is 21.2. The van der Waals surface area contributed by atoms with Crippen LogP contribution in [0.25, 0.3) is 0 Å². The molecule has 8 nitrogen and oxygen atoms in total. The van der Waals surface area contributed by atoms with E-state index in [1.165, 1.54) is 43.3 Å². The maximum absolute atomic E-state index is 12.1. The maximum atomic E-state index is 12.1. The van der Waals surface area contributed by atoms with E-state index >= 15 is 0 Å². The van der Waals surface area contributed by atoms with Crippen LogP contribution in [-0.4, -0.2) is 19.2 Å². The van der Waals surface area contributed by atoms with Crippen LogP contribution < -0.4 is 9.50 Å². The number of carbonyl (C=O) groups excluding carboxylic acids is 1. The Kier molecular flexibility index (Phi) is 4.60. The van der Waals surface area contributed by atoms with E-state index in [9.17, 15) is 23.3 Å². The number of rotatable bonds is 5. The molecule has 0 aliphatic rings. The third-order valence-corrected chi connectivity index (χ3v) is 3.98. The van der Waals surface area contributed by atoms with Gasteiger partial charge in [-0.05, 0) is 24.3 Å². The molecule has 9 heteroatoms. The van der Waals surface area contributed by atoms with Crippen LogP contribution in [0.1, 0.15) is 6.92 Å². The topological polar surface area (TPSA) is 116 Å². The van der Waals surface area contributed by atoms with Crippen LogP contribution in [0.4, 0.5) is 11.4 Å². The number of nitro benzene ring substituents is 1. The Labute approximate surface area is 132 Å². The zero-order valence-electron chi connectivity index (χ0n) is 11.9. The highest BCUT2D eigenvalue weighted by molar-refractivity contribution is 7.87. The molecule has 0 saturated carbocycles. The van der Waals surface area contributed by atoms with E-state index < -0.39 is 26.6 Å². The van der Waals surface area contributed by atoms with Gasteiger partial charge in [0.1, 0.15) is 16.3 Å². The van der Waals surface area contributed by atoms with Gasteiger partial charge in [-0.3, -0.25) is 14.9 Å². The molecule has 1 amide bonds. The monoisotopic (exact) mass is 336 g/mol. The SMILES string of the molecule is CC(=O)Nc1ccc(OS(=O)(=O)c2ccccc2)cc1[N+](=O)[O-]. The van der Waals surface area contributed by atoms with Gasteiger partial charge in [-0.1, -0.05) is 18.2 Å². The van der Waals surface area contributed by atoms with Gasteiger partial charge in [-0.2, -0.15) is 8.42 Å². The third kappa shape index (κ3) is 4.04. The van der Waals surface area contributed by atoms with Crippen molar-refractivity contribution in [1.29, 1.82) is 0 Å². The highest BCUT2D eigenvalue weighted by atomic mass is 32.2. The summed E-state index contributed by atoms with van der Waals surface area (Å²) >= 11 is 0. The fourth-order valence-electron chi connectivity index (χ4n) is 1.77. The van der Waals surface area contributed by atoms with E-state index in [0.717, 1.165) is 6.07 Å². The predicted octanol–water partition coefficient (Wildman–Crippen LogP) is 2.32. The minimum absolute atomic E-state index is 0.0491. The van der Waals surface area contributed by atoms with Crippen LogP contribution in [0.2, 0.25) is 0 Å². The average molecular weight is 336 g/mol. The lowest BCUT2D eigenvalue weighted by Gasteiger charge is -2.08. The summed E-state index contributed by atoms with van der Waals surface area (Å²) in [6.45, 7) is 1.20. The fourth-order valence-corrected chi connectivity index (χ4v) is 2.72. The van der Waals surface area contributed by atoms with Crippen molar-refractivity contribution < 1.29 is 22.3 Å². The number of carbonyl (C=O) groups is 1. The third-order valence-electron chi connectivity index (χ3n) is 2.71. The molecule has 0 saturated heterocycles. The van der Waals surface area contributed by atoms with E-state index in [-0.39, 0.29) is 16.3 Å². The standard InChI is InChI=1S/C14H12N2O6S/c1-10(17)15-13-8-7-11(9-14(13)16(18)19)22-23(20,21)12-5-3-2-4-6-12/h2-9H,1H3,(H,15,17). The largest absolute Gasteiger partial charge is 0.379 e. The van der Waals surface area contributed by atoms with Crippen molar-refractivity contribution in [3.05, 3.63) is 58.6 Å². The van der Waals surface area contributed by atoms with Gasteiger partial charge in [-0.15, -0.1) is 0 Å². The lowest BCUT2D eigenvalue weighted by Crippen LogP contribution is -2.11. The highest BCUT2D eigenvalue weighted by Crippen LogP contribution is 2.30. The molecule has 0 aliphatic carbocycles. The Bertz CT molecular complexity index is 849. The van der Waals surface area contributed by atoms with E-state index in [0.29, 0.717) is 0 Å². The van der Waals surface area contributed by atoms with Crippen LogP contribution in [0.5, 0.6) is 5.75 Å². The first-order chi connectivity index (χ1) is 10.8. The van der Waals surface area contributed by atoms with Gasteiger partial charge >= 0.3 is 10.1 Å². The van der Waals surface area contributed by atoms with Gasteiger partial charge in [-0.25, -0.2) is 0 Å². The van der Waals surface area contributed by atoms with Gasteiger partial charge < -0.3 is 9.50 Å². The second-order valence-corrected chi connectivity index (χ2v) is 6.01. The predicted molar refractivity (Wildman–Crippen MR) is 81.7 cm³/mol. The summed E-state index contributed by atoms with van der Waals surface area (Å²) < 4.78 is 29.1. The molecule has 0 unspecified atom stereocenters.